The lowest BCUT2D eigenvalue weighted by molar-refractivity contribution is 0.102. The van der Waals surface area contributed by atoms with Crippen molar-refractivity contribution in [2.24, 2.45) is 0 Å². The Hall–Kier alpha value is -1.56. The van der Waals surface area contributed by atoms with Crippen LogP contribution in [0, 0.1) is 6.92 Å². The number of halogens is 2. The third kappa shape index (κ3) is 2.52. The van der Waals surface area contributed by atoms with Crippen LogP contribution in [0.5, 0.6) is 0 Å². The molecule has 2 heterocycles. The van der Waals surface area contributed by atoms with Crippen LogP contribution in [0.2, 0.25) is 10.0 Å². The molecule has 3 aromatic rings. The Bertz CT molecular complexity index is 778. The number of nitrogens with zero attached hydrogens (tertiary/aromatic N) is 2. The highest BCUT2D eigenvalue weighted by molar-refractivity contribution is 7.17. The lowest BCUT2D eigenvalue weighted by Crippen LogP contribution is -2.12. The van der Waals surface area contributed by atoms with Gasteiger partial charge in [-0.3, -0.25) is 9.20 Å². The van der Waals surface area contributed by atoms with E-state index in [1.54, 1.807) is 24.4 Å². The molecule has 1 amide bonds. The quantitative estimate of drug-likeness (QED) is 0.765. The van der Waals surface area contributed by atoms with Gasteiger partial charge in [-0.15, -0.1) is 11.3 Å². The number of carbonyl (C=O) groups is 1. The van der Waals surface area contributed by atoms with E-state index in [-0.39, 0.29) is 5.91 Å². The predicted molar refractivity (Wildman–Crippen MR) is 82.2 cm³/mol. The zero-order valence-electron chi connectivity index (χ0n) is 10.4. The normalized spacial score (nSPS) is 10.9. The SMILES string of the molecule is Cc1cn2cc(C(=O)Nc3ccc(Cl)c(Cl)c3)nc2s1. The van der Waals surface area contributed by atoms with Crippen molar-refractivity contribution in [1.82, 2.24) is 9.38 Å². The molecule has 0 atom stereocenters. The Morgan fingerprint density at radius 3 is 2.80 bits per heavy atom. The molecule has 0 aliphatic rings. The van der Waals surface area contributed by atoms with Crippen LogP contribution in [0.4, 0.5) is 5.69 Å². The molecule has 0 saturated carbocycles. The maximum atomic E-state index is 12.1. The molecule has 3 rings (SSSR count). The van der Waals surface area contributed by atoms with Crippen LogP contribution in [0.3, 0.4) is 0 Å². The zero-order chi connectivity index (χ0) is 14.3. The van der Waals surface area contributed by atoms with E-state index in [0.29, 0.717) is 21.4 Å². The largest absolute Gasteiger partial charge is 0.321 e. The van der Waals surface area contributed by atoms with Gasteiger partial charge in [-0.05, 0) is 25.1 Å². The van der Waals surface area contributed by atoms with Gasteiger partial charge >= 0.3 is 0 Å². The second-order valence-corrected chi connectivity index (χ2v) is 6.27. The molecule has 0 saturated heterocycles. The van der Waals surface area contributed by atoms with Gasteiger partial charge in [0.25, 0.3) is 5.91 Å². The summed E-state index contributed by atoms with van der Waals surface area (Å²) < 4.78 is 1.84. The average molecular weight is 326 g/mol. The second kappa shape index (κ2) is 5.09. The summed E-state index contributed by atoms with van der Waals surface area (Å²) in [4.78, 5) is 18.3. The Labute approximate surface area is 129 Å². The molecule has 0 radical (unpaired) electrons. The van der Waals surface area contributed by atoms with Gasteiger partial charge in [0.2, 0.25) is 0 Å². The topological polar surface area (TPSA) is 46.4 Å². The van der Waals surface area contributed by atoms with Gasteiger partial charge in [0.05, 0.1) is 10.0 Å². The number of nitrogens with one attached hydrogen (secondary N) is 1. The summed E-state index contributed by atoms with van der Waals surface area (Å²) in [6.45, 7) is 1.99. The first-order chi connectivity index (χ1) is 9.52. The van der Waals surface area contributed by atoms with Crippen molar-refractivity contribution in [3.63, 3.8) is 0 Å². The summed E-state index contributed by atoms with van der Waals surface area (Å²) in [5, 5.41) is 3.58. The number of imidazole rings is 1. The highest BCUT2D eigenvalue weighted by atomic mass is 35.5. The number of benzene rings is 1. The van der Waals surface area contributed by atoms with Crippen molar-refractivity contribution in [2.75, 3.05) is 5.32 Å². The predicted octanol–water partition coefficient (Wildman–Crippen LogP) is 4.26. The van der Waals surface area contributed by atoms with Gasteiger partial charge in [-0.1, -0.05) is 23.2 Å². The zero-order valence-corrected chi connectivity index (χ0v) is 12.7. The number of aromatic nitrogens is 2. The van der Waals surface area contributed by atoms with E-state index in [1.807, 2.05) is 17.5 Å². The van der Waals surface area contributed by atoms with Crippen molar-refractivity contribution < 1.29 is 4.79 Å². The lowest BCUT2D eigenvalue weighted by atomic mass is 10.3. The second-order valence-electron chi connectivity index (χ2n) is 4.24. The van der Waals surface area contributed by atoms with Gasteiger partial charge < -0.3 is 5.32 Å². The minimum absolute atomic E-state index is 0.281. The third-order valence-electron chi connectivity index (χ3n) is 2.68. The number of rotatable bonds is 2. The maximum absolute atomic E-state index is 12.1. The van der Waals surface area contributed by atoms with Crippen molar-refractivity contribution in [2.45, 2.75) is 6.92 Å². The van der Waals surface area contributed by atoms with Gasteiger partial charge in [-0.2, -0.15) is 0 Å². The van der Waals surface area contributed by atoms with Crippen LogP contribution in [-0.2, 0) is 0 Å². The van der Waals surface area contributed by atoms with Crippen molar-refractivity contribution in [1.29, 1.82) is 0 Å². The van der Waals surface area contributed by atoms with E-state index < -0.39 is 0 Å². The van der Waals surface area contributed by atoms with Crippen LogP contribution >= 0.6 is 34.5 Å². The molecule has 0 bridgehead atoms. The molecule has 102 valence electrons. The smallest absolute Gasteiger partial charge is 0.275 e. The van der Waals surface area contributed by atoms with Crippen molar-refractivity contribution in [3.8, 4) is 0 Å². The minimum atomic E-state index is -0.281. The average Bonchev–Trinajstić information content (AvgIpc) is 2.91. The molecular formula is C13H9Cl2N3OS. The number of anilines is 1. The van der Waals surface area contributed by atoms with Crippen molar-refractivity contribution >= 4 is 51.1 Å². The number of thiazole rings is 1. The molecular weight excluding hydrogens is 317 g/mol. The summed E-state index contributed by atoms with van der Waals surface area (Å²) in [6, 6.07) is 4.92. The van der Waals surface area contributed by atoms with Gasteiger partial charge in [0, 0.05) is 23.0 Å². The van der Waals surface area contributed by atoms with Crippen LogP contribution < -0.4 is 5.32 Å². The number of hydrogen-bond acceptors (Lipinski definition) is 3. The molecule has 0 spiro atoms. The maximum Gasteiger partial charge on any atom is 0.275 e. The van der Waals surface area contributed by atoms with E-state index in [0.717, 1.165) is 9.84 Å². The molecule has 4 nitrogen and oxygen atoms in total. The number of fused-ring (bicyclic) bond motifs is 1. The lowest BCUT2D eigenvalue weighted by Gasteiger charge is -2.04. The summed E-state index contributed by atoms with van der Waals surface area (Å²) >= 11 is 13.3. The Kier molecular flexibility index (Phi) is 3.41. The van der Waals surface area contributed by atoms with E-state index in [1.165, 1.54) is 11.3 Å². The molecule has 0 fully saturated rings. The monoisotopic (exact) mass is 325 g/mol. The highest BCUT2D eigenvalue weighted by Gasteiger charge is 2.13. The van der Waals surface area contributed by atoms with E-state index in [2.05, 4.69) is 10.3 Å². The van der Waals surface area contributed by atoms with Crippen LogP contribution in [-0.4, -0.2) is 15.3 Å². The fourth-order valence-electron chi connectivity index (χ4n) is 1.79. The van der Waals surface area contributed by atoms with Gasteiger partial charge in [0.1, 0.15) is 5.69 Å². The first kappa shape index (κ1) is 13.4. The summed E-state index contributed by atoms with van der Waals surface area (Å²) in [5.74, 6) is -0.281. The highest BCUT2D eigenvalue weighted by Crippen LogP contribution is 2.25. The first-order valence-electron chi connectivity index (χ1n) is 5.74. The molecule has 1 aromatic carbocycles. The Morgan fingerprint density at radius 2 is 2.10 bits per heavy atom. The van der Waals surface area contributed by atoms with Crippen LogP contribution in [0.25, 0.3) is 4.96 Å². The third-order valence-corrected chi connectivity index (χ3v) is 4.33. The standard InChI is InChI=1S/C13H9Cl2N3OS/c1-7-5-18-6-11(17-13(18)20-7)12(19)16-8-2-3-9(14)10(15)4-8/h2-6H,1H3,(H,16,19). The molecule has 2 aromatic heterocycles. The van der Waals surface area contributed by atoms with Gasteiger partial charge in [0.15, 0.2) is 4.96 Å². The van der Waals surface area contributed by atoms with Crippen LogP contribution in [0.15, 0.2) is 30.6 Å². The number of carbonyl (C=O) groups excluding carboxylic acids is 1. The van der Waals surface area contributed by atoms with Crippen LogP contribution in [0.1, 0.15) is 15.4 Å². The molecule has 7 heteroatoms. The number of amides is 1. The molecule has 20 heavy (non-hydrogen) atoms. The molecule has 0 unspecified atom stereocenters. The molecule has 1 N–H and O–H groups in total. The summed E-state index contributed by atoms with van der Waals surface area (Å²) in [5.41, 5.74) is 0.944. The summed E-state index contributed by atoms with van der Waals surface area (Å²) in [7, 11) is 0. The molecule has 0 aliphatic carbocycles. The van der Waals surface area contributed by atoms with E-state index in [4.69, 9.17) is 23.2 Å². The fourth-order valence-corrected chi connectivity index (χ4v) is 2.90. The van der Waals surface area contributed by atoms with Gasteiger partial charge in [-0.25, -0.2) is 4.98 Å². The fraction of sp³-hybridized carbons (Fsp3) is 0.0769. The van der Waals surface area contributed by atoms with Crippen molar-refractivity contribution in [3.05, 3.63) is 51.2 Å². The van der Waals surface area contributed by atoms with E-state index in [9.17, 15) is 4.79 Å². The Balaban J connectivity index is 1.84. The van der Waals surface area contributed by atoms with E-state index >= 15 is 0 Å². The number of hydrogen-bond donors (Lipinski definition) is 1. The minimum Gasteiger partial charge on any atom is -0.321 e. The first-order valence-corrected chi connectivity index (χ1v) is 7.32. The Morgan fingerprint density at radius 1 is 1.30 bits per heavy atom. The summed E-state index contributed by atoms with van der Waals surface area (Å²) in [6.07, 6.45) is 3.63. The molecule has 0 aliphatic heterocycles. The number of aryl methyl sites for hydroxylation is 1.